The minimum atomic E-state index is -0.199. The van der Waals surface area contributed by atoms with Crippen LogP contribution in [0.1, 0.15) is 85.0 Å². The normalized spacial score (nSPS) is 12.3. The molecule has 0 aromatic rings. The summed E-state index contributed by atoms with van der Waals surface area (Å²) in [4.78, 5) is 9.37. The molecule has 0 radical (unpaired) electrons. The molecule has 0 saturated heterocycles. The Kier molecular flexibility index (Phi) is 15.2. The van der Waals surface area contributed by atoms with Crippen LogP contribution in [-0.4, -0.2) is 25.9 Å². The summed E-state index contributed by atoms with van der Waals surface area (Å²) < 4.78 is 5.99. The summed E-state index contributed by atoms with van der Waals surface area (Å²) in [6, 6.07) is 0. The fourth-order valence-electron chi connectivity index (χ4n) is 2.90. The average Bonchev–Trinajstić information content (AvgIpc) is 2.54. The topological polar surface area (TPSA) is 79.7 Å². The smallest absolute Gasteiger partial charge is 0.108 e. The van der Waals surface area contributed by atoms with Crippen molar-refractivity contribution in [3.63, 3.8) is 0 Å². The third-order valence-electron chi connectivity index (χ3n) is 4.50. The van der Waals surface area contributed by atoms with E-state index in [1.165, 1.54) is 64.2 Å². The van der Waals surface area contributed by atoms with Gasteiger partial charge in [0.05, 0.1) is 19.8 Å². The predicted molar refractivity (Wildman–Crippen MR) is 95.6 cm³/mol. The molecule has 4 N–H and O–H groups in total. The molecule has 0 fully saturated rings. The van der Waals surface area contributed by atoms with Gasteiger partial charge in [0, 0.05) is 0 Å². The van der Waals surface area contributed by atoms with Gasteiger partial charge in [-0.1, -0.05) is 72.1 Å². The van der Waals surface area contributed by atoms with E-state index in [9.17, 15) is 0 Å². The van der Waals surface area contributed by atoms with E-state index in [0.717, 1.165) is 0 Å². The van der Waals surface area contributed by atoms with Gasteiger partial charge in [0.2, 0.25) is 0 Å². The van der Waals surface area contributed by atoms with Crippen LogP contribution in [0.15, 0.2) is 0 Å². The third-order valence-corrected chi connectivity index (χ3v) is 4.50. The molecule has 23 heavy (non-hydrogen) atoms. The molecule has 0 rings (SSSR count). The maximum atomic E-state index is 5.99. The van der Waals surface area contributed by atoms with Crippen molar-refractivity contribution in [1.29, 1.82) is 0 Å². The first kappa shape index (κ1) is 22.8. The summed E-state index contributed by atoms with van der Waals surface area (Å²) in [6.45, 7) is 8.16. The van der Waals surface area contributed by atoms with Crippen molar-refractivity contribution in [3.05, 3.63) is 0 Å². The van der Waals surface area contributed by atoms with Crippen molar-refractivity contribution >= 4 is 0 Å². The summed E-state index contributed by atoms with van der Waals surface area (Å²) in [5.74, 6) is 10.3. The summed E-state index contributed by atoms with van der Waals surface area (Å²) in [6.07, 6.45) is 12.5. The lowest BCUT2D eigenvalue weighted by atomic mass is 9.80. The van der Waals surface area contributed by atoms with E-state index in [2.05, 4.69) is 30.4 Å². The zero-order chi connectivity index (χ0) is 17.4. The second-order valence-electron chi connectivity index (χ2n) is 7.03. The molecule has 0 aliphatic rings. The van der Waals surface area contributed by atoms with Crippen molar-refractivity contribution in [1.82, 2.24) is 0 Å². The molecule has 0 aliphatic carbocycles. The van der Waals surface area contributed by atoms with Crippen molar-refractivity contribution < 1.29 is 14.4 Å². The van der Waals surface area contributed by atoms with Gasteiger partial charge in [-0.25, -0.2) is 11.8 Å². The molecule has 0 unspecified atom stereocenters. The molecule has 0 heterocycles. The van der Waals surface area contributed by atoms with E-state index in [1.807, 2.05) is 0 Å². The molecule has 0 atom stereocenters. The van der Waals surface area contributed by atoms with Crippen molar-refractivity contribution in [2.75, 3.05) is 19.8 Å². The van der Waals surface area contributed by atoms with Crippen LogP contribution in [0.2, 0.25) is 0 Å². The Labute approximate surface area is 143 Å². The largest absolute Gasteiger partial charge is 0.373 e. The number of ether oxygens (including phenoxy) is 1. The third kappa shape index (κ3) is 12.8. The number of hydrogen-bond acceptors (Lipinski definition) is 5. The van der Waals surface area contributed by atoms with E-state index in [1.54, 1.807) is 0 Å². The lowest BCUT2D eigenvalue weighted by Crippen LogP contribution is -2.33. The van der Waals surface area contributed by atoms with Crippen molar-refractivity contribution in [2.45, 2.75) is 91.1 Å². The van der Waals surface area contributed by atoms with Gasteiger partial charge >= 0.3 is 0 Å². The van der Waals surface area contributed by atoms with E-state index < -0.39 is 0 Å². The van der Waals surface area contributed by atoms with Gasteiger partial charge in [0.15, 0.2) is 0 Å². The fourth-order valence-corrected chi connectivity index (χ4v) is 2.90. The molecular weight excluding hydrogens is 292 g/mol. The van der Waals surface area contributed by atoms with Gasteiger partial charge in [0.25, 0.3) is 0 Å². The van der Waals surface area contributed by atoms with Crippen LogP contribution in [0, 0.1) is 5.41 Å². The van der Waals surface area contributed by atoms with Crippen LogP contribution in [0.4, 0.5) is 0 Å². The van der Waals surface area contributed by atoms with Gasteiger partial charge in [0.1, 0.15) is 6.10 Å². The standard InChI is InChI=1S/C18H40N2O3/c1-4-6-8-10-12-18(3,13-11-9-7-5-2)16-21-17(14-22-19)15-23-20/h17H,4-16,19-20H2,1-3H3. The van der Waals surface area contributed by atoms with Gasteiger partial charge in [-0.3, -0.25) is 0 Å². The van der Waals surface area contributed by atoms with Crippen molar-refractivity contribution in [2.24, 2.45) is 17.2 Å². The molecule has 5 nitrogen and oxygen atoms in total. The second-order valence-corrected chi connectivity index (χ2v) is 7.03. The van der Waals surface area contributed by atoms with E-state index in [0.29, 0.717) is 19.8 Å². The maximum Gasteiger partial charge on any atom is 0.108 e. The minimum Gasteiger partial charge on any atom is -0.373 e. The quantitative estimate of drug-likeness (QED) is 0.310. The Hall–Kier alpha value is -0.200. The molecule has 0 spiro atoms. The maximum absolute atomic E-state index is 5.99. The fraction of sp³-hybridized carbons (Fsp3) is 1.00. The zero-order valence-corrected chi connectivity index (χ0v) is 15.6. The Morgan fingerprint density at radius 2 is 1.26 bits per heavy atom. The van der Waals surface area contributed by atoms with Gasteiger partial charge in [-0.2, -0.15) is 0 Å². The first-order valence-electron chi connectivity index (χ1n) is 9.36. The monoisotopic (exact) mass is 332 g/mol. The highest BCUT2D eigenvalue weighted by Gasteiger charge is 2.25. The molecule has 0 amide bonds. The Morgan fingerprint density at radius 3 is 1.65 bits per heavy atom. The van der Waals surface area contributed by atoms with Gasteiger partial charge in [-0.05, 0) is 18.3 Å². The number of nitrogens with two attached hydrogens (primary N) is 2. The minimum absolute atomic E-state index is 0.199. The van der Waals surface area contributed by atoms with Crippen LogP contribution >= 0.6 is 0 Å². The van der Waals surface area contributed by atoms with E-state index in [-0.39, 0.29) is 11.5 Å². The number of rotatable bonds is 17. The van der Waals surface area contributed by atoms with Crippen LogP contribution in [-0.2, 0) is 14.4 Å². The molecule has 140 valence electrons. The summed E-state index contributed by atoms with van der Waals surface area (Å²) in [5, 5.41) is 0. The van der Waals surface area contributed by atoms with E-state index in [4.69, 9.17) is 16.5 Å². The highest BCUT2D eigenvalue weighted by atomic mass is 16.6. The highest BCUT2D eigenvalue weighted by Crippen LogP contribution is 2.32. The Bertz CT molecular complexity index is 234. The predicted octanol–water partition coefficient (Wildman–Crippen LogP) is 4.10. The number of unbranched alkanes of at least 4 members (excludes halogenated alkanes) is 6. The summed E-state index contributed by atoms with van der Waals surface area (Å²) in [5.41, 5.74) is 0.211. The lowest BCUT2D eigenvalue weighted by Gasteiger charge is -2.31. The van der Waals surface area contributed by atoms with Gasteiger partial charge in [-0.15, -0.1) is 0 Å². The molecule has 0 aromatic carbocycles. The van der Waals surface area contributed by atoms with Crippen LogP contribution in [0.3, 0.4) is 0 Å². The number of hydrogen-bond donors (Lipinski definition) is 2. The zero-order valence-electron chi connectivity index (χ0n) is 15.6. The molecule has 0 bridgehead atoms. The van der Waals surface area contributed by atoms with Crippen LogP contribution < -0.4 is 11.8 Å². The first-order valence-corrected chi connectivity index (χ1v) is 9.36. The second kappa shape index (κ2) is 15.3. The summed E-state index contributed by atoms with van der Waals surface area (Å²) in [7, 11) is 0. The van der Waals surface area contributed by atoms with Crippen LogP contribution in [0.5, 0.6) is 0 Å². The SMILES string of the molecule is CCCCCCC(C)(CCCCCC)COC(CON)CON. The van der Waals surface area contributed by atoms with E-state index >= 15 is 0 Å². The van der Waals surface area contributed by atoms with Crippen molar-refractivity contribution in [3.8, 4) is 0 Å². The molecule has 0 aromatic heterocycles. The Morgan fingerprint density at radius 1 is 0.783 bits per heavy atom. The van der Waals surface area contributed by atoms with Gasteiger partial charge < -0.3 is 14.4 Å². The molecule has 5 heteroatoms. The summed E-state index contributed by atoms with van der Waals surface area (Å²) >= 11 is 0. The molecule has 0 saturated carbocycles. The van der Waals surface area contributed by atoms with Crippen LogP contribution in [0.25, 0.3) is 0 Å². The highest BCUT2D eigenvalue weighted by molar-refractivity contribution is 4.75. The lowest BCUT2D eigenvalue weighted by molar-refractivity contribution is -0.0866. The first-order chi connectivity index (χ1) is 11.1. The molecular formula is C18H40N2O3. The Balaban J connectivity index is 4.36. The molecule has 0 aliphatic heterocycles. The average molecular weight is 333 g/mol.